The highest BCUT2D eigenvalue weighted by atomic mass is 16.5. The van der Waals surface area contributed by atoms with Gasteiger partial charge in [0.15, 0.2) is 5.82 Å². The van der Waals surface area contributed by atoms with Crippen molar-refractivity contribution in [2.75, 3.05) is 33.0 Å². The zero-order valence-electron chi connectivity index (χ0n) is 36.6. The molecule has 2 saturated carbocycles. The lowest BCUT2D eigenvalue weighted by Gasteiger charge is -2.44. The molecule has 15 heteroatoms. The van der Waals surface area contributed by atoms with Gasteiger partial charge in [-0.3, -0.25) is 4.79 Å². The molecule has 2 aliphatic carbocycles. The number of ether oxygens (including phenoxy) is 3. The number of aliphatic hydroxyl groups excluding tert-OH is 2. The average molecular weight is 849 g/mol. The van der Waals surface area contributed by atoms with E-state index < -0.39 is 29.9 Å². The van der Waals surface area contributed by atoms with Crippen molar-refractivity contribution in [3.8, 4) is 17.8 Å². The lowest BCUT2D eigenvalue weighted by molar-refractivity contribution is -0.122. The molecule has 2 fully saturated rings. The first-order valence-electron chi connectivity index (χ1n) is 22.9. The van der Waals surface area contributed by atoms with Gasteiger partial charge in [-0.15, -0.1) is 0 Å². The molecule has 2 aliphatic rings. The molecular formula is C46H72N8O7. The largest absolute Gasteiger partial charge is 0.477 e. The Morgan fingerprint density at radius 1 is 0.852 bits per heavy atom. The lowest BCUT2D eigenvalue weighted by Crippen LogP contribution is -2.59. The Morgan fingerprint density at radius 3 is 2.18 bits per heavy atom. The lowest BCUT2D eigenvalue weighted by atomic mass is 9.71. The molecule has 8 N–H and O–H groups in total. The summed E-state index contributed by atoms with van der Waals surface area (Å²) in [5.41, 5.74) is 10.5. The second kappa shape index (κ2) is 24.6. The van der Waals surface area contributed by atoms with E-state index in [1.54, 1.807) is 24.3 Å². The van der Waals surface area contributed by atoms with Crippen LogP contribution in [-0.2, 0) is 15.9 Å². The summed E-state index contributed by atoms with van der Waals surface area (Å²) >= 11 is 0. The number of nitrogens with zero attached hydrogens (tertiary/aromatic N) is 5. The van der Waals surface area contributed by atoms with E-state index in [2.05, 4.69) is 44.1 Å². The molecule has 15 nitrogen and oxygen atoms in total. The van der Waals surface area contributed by atoms with Gasteiger partial charge in [0.25, 0.3) is 0 Å². The quantitative estimate of drug-likeness (QED) is 0.0549. The van der Waals surface area contributed by atoms with Crippen molar-refractivity contribution in [1.82, 2.24) is 30.2 Å². The number of aromatic nitrogens is 5. The zero-order chi connectivity index (χ0) is 43.5. The Bertz CT molecular complexity index is 1740. The topological polar surface area (TPSA) is 234 Å². The van der Waals surface area contributed by atoms with E-state index in [0.29, 0.717) is 55.0 Å². The van der Waals surface area contributed by atoms with Crippen LogP contribution in [0.4, 0.5) is 0 Å². The Hall–Kier alpha value is -4.02. The summed E-state index contributed by atoms with van der Waals surface area (Å²) in [6.07, 6.45) is 17.4. The van der Waals surface area contributed by atoms with E-state index in [9.17, 15) is 20.1 Å². The number of nitrogens with one attached hydrogen (secondary N) is 1. The number of amides is 1. The summed E-state index contributed by atoms with van der Waals surface area (Å²) in [5.74, 6) is 1.67. The van der Waals surface area contributed by atoms with Crippen molar-refractivity contribution >= 4 is 5.91 Å². The van der Waals surface area contributed by atoms with Crippen LogP contribution in [0.3, 0.4) is 0 Å². The first-order chi connectivity index (χ1) is 29.6. The van der Waals surface area contributed by atoms with Crippen LogP contribution >= 0.6 is 0 Å². The van der Waals surface area contributed by atoms with E-state index in [1.165, 1.54) is 44.1 Å². The zero-order valence-corrected chi connectivity index (χ0v) is 36.6. The summed E-state index contributed by atoms with van der Waals surface area (Å²) < 4.78 is 18.2. The van der Waals surface area contributed by atoms with Gasteiger partial charge < -0.3 is 46.3 Å². The third-order valence-corrected chi connectivity index (χ3v) is 12.4. The molecule has 0 aliphatic heterocycles. The molecule has 0 bridgehead atoms. The summed E-state index contributed by atoms with van der Waals surface area (Å²) in [7, 11) is 0. The van der Waals surface area contributed by atoms with Crippen molar-refractivity contribution in [3.63, 3.8) is 0 Å². The predicted molar refractivity (Wildman–Crippen MR) is 233 cm³/mol. The maximum atomic E-state index is 13.3. The number of aliphatic hydroxyl groups is 3. The van der Waals surface area contributed by atoms with Gasteiger partial charge in [-0.1, -0.05) is 71.3 Å². The van der Waals surface area contributed by atoms with Gasteiger partial charge in [0.05, 0.1) is 37.3 Å². The van der Waals surface area contributed by atoms with Crippen LogP contribution in [0.1, 0.15) is 153 Å². The van der Waals surface area contributed by atoms with Gasteiger partial charge in [0.1, 0.15) is 11.1 Å². The number of hydrogen-bond donors (Lipinski definition) is 6. The Labute approximate surface area is 362 Å². The second-order valence-corrected chi connectivity index (χ2v) is 17.4. The van der Waals surface area contributed by atoms with Gasteiger partial charge in [0.2, 0.25) is 17.7 Å². The van der Waals surface area contributed by atoms with Crippen LogP contribution < -0.4 is 31.0 Å². The molecule has 5 rings (SSSR count). The fraction of sp³-hybridized carbons (Fsp3) is 0.696. The molecule has 3 unspecified atom stereocenters. The van der Waals surface area contributed by atoms with E-state index in [0.717, 1.165) is 64.2 Å². The van der Waals surface area contributed by atoms with Crippen LogP contribution in [0.15, 0.2) is 42.7 Å². The number of carbonyl (C=O) groups is 1. The van der Waals surface area contributed by atoms with Crippen LogP contribution in [0.5, 0.6) is 17.8 Å². The summed E-state index contributed by atoms with van der Waals surface area (Å²) in [4.78, 5) is 36.1. The number of carbonyl (C=O) groups excluding carboxylic acids is 1. The first-order valence-corrected chi connectivity index (χ1v) is 22.9. The van der Waals surface area contributed by atoms with Crippen molar-refractivity contribution in [2.24, 2.45) is 29.2 Å². The number of nitrogens with two attached hydrogens (primary N) is 2. The maximum absolute atomic E-state index is 13.3. The molecule has 0 saturated heterocycles. The SMILES string of the molecule is CCCC(CCC)COc1cccc(C(O)CCNC(=O)CC(N)CC(O)(c2ccnc(OCC3CCCCC3)n2)[C@@](N)(CCO)c2nccc(OCC3CCCCC3)n2)n1. The summed E-state index contributed by atoms with van der Waals surface area (Å²) in [6.45, 7) is 5.58. The fourth-order valence-corrected chi connectivity index (χ4v) is 8.86. The predicted octanol–water partition coefficient (Wildman–Crippen LogP) is 5.95. The second-order valence-electron chi connectivity index (χ2n) is 17.4. The van der Waals surface area contributed by atoms with Crippen LogP contribution in [0, 0.1) is 17.8 Å². The normalized spacial score (nSPS) is 18.2. The van der Waals surface area contributed by atoms with E-state index in [4.69, 9.17) is 25.7 Å². The smallest absolute Gasteiger partial charge is 0.316 e. The highest BCUT2D eigenvalue weighted by molar-refractivity contribution is 5.76. The maximum Gasteiger partial charge on any atom is 0.316 e. The summed E-state index contributed by atoms with van der Waals surface area (Å²) in [6, 6.07) is 7.64. The molecule has 338 valence electrons. The highest BCUT2D eigenvalue weighted by Gasteiger charge is 2.54. The monoisotopic (exact) mass is 849 g/mol. The first kappa shape index (κ1) is 48.0. The minimum atomic E-state index is -2.12. The Balaban J connectivity index is 1.28. The minimum absolute atomic E-state index is 0.0314. The molecule has 0 aromatic carbocycles. The molecule has 0 spiro atoms. The van der Waals surface area contributed by atoms with Gasteiger partial charge in [0, 0.05) is 50.1 Å². The molecule has 1 amide bonds. The van der Waals surface area contributed by atoms with E-state index in [1.807, 2.05) is 0 Å². The van der Waals surface area contributed by atoms with Crippen molar-refractivity contribution in [3.05, 3.63) is 59.9 Å². The van der Waals surface area contributed by atoms with Gasteiger partial charge in [-0.2, -0.15) is 9.97 Å². The Morgan fingerprint density at radius 2 is 1.51 bits per heavy atom. The molecule has 3 aromatic rings. The third-order valence-electron chi connectivity index (χ3n) is 12.4. The Kier molecular flexibility index (Phi) is 19.3. The van der Waals surface area contributed by atoms with E-state index >= 15 is 0 Å². The third kappa shape index (κ3) is 14.3. The molecular weight excluding hydrogens is 777 g/mol. The number of pyridine rings is 1. The average Bonchev–Trinajstić information content (AvgIpc) is 3.28. The van der Waals surface area contributed by atoms with Crippen molar-refractivity contribution in [2.45, 2.75) is 153 Å². The van der Waals surface area contributed by atoms with Crippen LogP contribution in [-0.4, -0.2) is 85.2 Å². The highest BCUT2D eigenvalue weighted by Crippen LogP contribution is 2.43. The minimum Gasteiger partial charge on any atom is -0.477 e. The van der Waals surface area contributed by atoms with Gasteiger partial charge >= 0.3 is 6.01 Å². The van der Waals surface area contributed by atoms with Gasteiger partial charge in [-0.05, 0) is 87.7 Å². The standard InChI is InChI=1S/C46H72N8O7/c1-3-12-33(13-4-2)30-59-41-19-11-18-37(52-41)38(56)20-24-49-40(57)28-36(47)29-46(58,39-21-25-51-44(53-39)61-32-35-16-9-6-10-17-35)45(48,23-27-55)43-50-26-22-42(54-43)60-31-34-14-7-5-8-15-34/h11,18-19,21-22,25-26,33-36,38,55-56,58H,3-10,12-17,20,23-24,27-32,47-48H2,1-2H3,(H,49,57)/t36?,38?,45-,46?/m1/s1. The molecule has 61 heavy (non-hydrogen) atoms. The number of rotatable bonds is 26. The molecule has 4 atom stereocenters. The molecule has 3 aromatic heterocycles. The van der Waals surface area contributed by atoms with Crippen molar-refractivity contribution < 1.29 is 34.3 Å². The van der Waals surface area contributed by atoms with Crippen LogP contribution in [0.25, 0.3) is 0 Å². The molecule has 0 radical (unpaired) electrons. The van der Waals surface area contributed by atoms with E-state index in [-0.39, 0.29) is 55.7 Å². The van der Waals surface area contributed by atoms with Crippen LogP contribution in [0.2, 0.25) is 0 Å². The fourth-order valence-electron chi connectivity index (χ4n) is 8.86. The van der Waals surface area contributed by atoms with Crippen molar-refractivity contribution in [1.29, 1.82) is 0 Å². The van der Waals surface area contributed by atoms with Gasteiger partial charge in [-0.25, -0.2) is 15.0 Å². The number of hydrogen-bond acceptors (Lipinski definition) is 14. The summed E-state index contributed by atoms with van der Waals surface area (Å²) in [5, 5.41) is 37.2. The molecule has 3 heterocycles.